The van der Waals surface area contributed by atoms with E-state index in [1.54, 1.807) is 0 Å². The summed E-state index contributed by atoms with van der Waals surface area (Å²) in [5.41, 5.74) is 0. The summed E-state index contributed by atoms with van der Waals surface area (Å²) >= 11 is 0. The second kappa shape index (κ2) is 3.83. The first kappa shape index (κ1) is 9.26. The van der Waals surface area contributed by atoms with E-state index in [1.807, 2.05) is 0 Å². The van der Waals surface area contributed by atoms with Gasteiger partial charge in [-0.15, -0.1) is 6.58 Å². The van der Waals surface area contributed by atoms with Crippen LogP contribution in [0.4, 0.5) is 0 Å². The van der Waals surface area contributed by atoms with Gasteiger partial charge in [0.05, 0.1) is 0 Å². The van der Waals surface area contributed by atoms with E-state index in [4.69, 9.17) is 0 Å². The molecule has 2 fully saturated rings. The molecule has 2 aliphatic rings. The number of hydrogen-bond donors (Lipinski definition) is 1. The summed E-state index contributed by atoms with van der Waals surface area (Å²) in [6.45, 7) is 7.16. The van der Waals surface area contributed by atoms with Crippen LogP contribution in [0.15, 0.2) is 12.7 Å². The highest BCUT2D eigenvalue weighted by atomic mass is 14.9. The standard InChI is InChI=1S/C12H21N/c1-3-6-11(13-4-2)12-9-7-5-8-10(9)12/h3,9-13H,1,4-8H2,2H3. The summed E-state index contributed by atoms with van der Waals surface area (Å²) in [5.74, 6) is 3.14. The fourth-order valence-corrected chi connectivity index (χ4v) is 3.29. The third-order valence-corrected chi connectivity index (χ3v) is 3.82. The largest absolute Gasteiger partial charge is 0.314 e. The molecule has 13 heavy (non-hydrogen) atoms. The van der Waals surface area contributed by atoms with E-state index in [9.17, 15) is 0 Å². The van der Waals surface area contributed by atoms with Gasteiger partial charge in [0.25, 0.3) is 0 Å². The molecule has 0 heterocycles. The van der Waals surface area contributed by atoms with Crippen LogP contribution in [0.2, 0.25) is 0 Å². The average Bonchev–Trinajstić information content (AvgIpc) is 2.58. The monoisotopic (exact) mass is 179 g/mol. The van der Waals surface area contributed by atoms with Crippen LogP contribution in [-0.2, 0) is 0 Å². The zero-order chi connectivity index (χ0) is 9.26. The Hall–Kier alpha value is -0.300. The Kier molecular flexibility index (Phi) is 2.73. The molecule has 1 heteroatoms. The first-order valence-electron chi connectivity index (χ1n) is 5.72. The topological polar surface area (TPSA) is 12.0 Å². The Labute approximate surface area is 81.6 Å². The SMILES string of the molecule is C=CCC(NCC)C1C2CCCC21. The van der Waals surface area contributed by atoms with Crippen LogP contribution in [0.5, 0.6) is 0 Å². The van der Waals surface area contributed by atoms with Gasteiger partial charge in [-0.05, 0) is 43.6 Å². The molecule has 0 aliphatic heterocycles. The second-order valence-corrected chi connectivity index (χ2v) is 4.52. The maximum atomic E-state index is 3.85. The van der Waals surface area contributed by atoms with Gasteiger partial charge < -0.3 is 5.32 Å². The zero-order valence-corrected chi connectivity index (χ0v) is 8.63. The van der Waals surface area contributed by atoms with Gasteiger partial charge in [0, 0.05) is 6.04 Å². The number of nitrogens with one attached hydrogen (secondary N) is 1. The Balaban J connectivity index is 1.86. The molecule has 3 unspecified atom stereocenters. The van der Waals surface area contributed by atoms with E-state index >= 15 is 0 Å². The summed E-state index contributed by atoms with van der Waals surface area (Å²) in [6, 6.07) is 0.734. The Morgan fingerprint density at radius 1 is 1.46 bits per heavy atom. The van der Waals surface area contributed by atoms with Crippen molar-refractivity contribution in [3.05, 3.63) is 12.7 Å². The molecule has 0 aromatic heterocycles. The molecule has 0 amide bonds. The van der Waals surface area contributed by atoms with Crippen molar-refractivity contribution in [2.45, 2.75) is 38.6 Å². The van der Waals surface area contributed by atoms with Gasteiger partial charge in [-0.3, -0.25) is 0 Å². The van der Waals surface area contributed by atoms with Gasteiger partial charge in [0.2, 0.25) is 0 Å². The second-order valence-electron chi connectivity index (χ2n) is 4.52. The number of fused-ring (bicyclic) bond motifs is 1. The lowest BCUT2D eigenvalue weighted by atomic mass is 10.0. The van der Waals surface area contributed by atoms with Crippen molar-refractivity contribution in [1.82, 2.24) is 5.32 Å². The van der Waals surface area contributed by atoms with Crippen molar-refractivity contribution in [2.24, 2.45) is 17.8 Å². The molecule has 0 aromatic rings. The third kappa shape index (κ3) is 1.67. The molecule has 1 N–H and O–H groups in total. The molecule has 2 aliphatic carbocycles. The van der Waals surface area contributed by atoms with Crippen LogP contribution in [0, 0.1) is 17.8 Å². The zero-order valence-electron chi connectivity index (χ0n) is 8.63. The molecule has 1 nitrogen and oxygen atoms in total. The highest BCUT2D eigenvalue weighted by Gasteiger charge is 2.55. The van der Waals surface area contributed by atoms with Gasteiger partial charge in [0.1, 0.15) is 0 Å². The molecular weight excluding hydrogens is 158 g/mol. The van der Waals surface area contributed by atoms with E-state index < -0.39 is 0 Å². The summed E-state index contributed by atoms with van der Waals surface area (Å²) < 4.78 is 0. The quantitative estimate of drug-likeness (QED) is 0.640. The molecule has 0 spiro atoms. The third-order valence-electron chi connectivity index (χ3n) is 3.82. The Bertz CT molecular complexity index is 178. The molecule has 0 radical (unpaired) electrons. The van der Waals surface area contributed by atoms with E-state index in [0.29, 0.717) is 0 Å². The Morgan fingerprint density at radius 2 is 2.15 bits per heavy atom. The van der Waals surface area contributed by atoms with Crippen LogP contribution < -0.4 is 5.32 Å². The molecule has 0 saturated heterocycles. The minimum atomic E-state index is 0.734. The molecule has 0 aromatic carbocycles. The minimum Gasteiger partial charge on any atom is -0.314 e. The van der Waals surface area contributed by atoms with Crippen molar-refractivity contribution >= 4 is 0 Å². The lowest BCUT2D eigenvalue weighted by Gasteiger charge is -2.17. The van der Waals surface area contributed by atoms with Gasteiger partial charge in [0.15, 0.2) is 0 Å². The van der Waals surface area contributed by atoms with Crippen LogP contribution in [0.25, 0.3) is 0 Å². The molecular formula is C12H21N. The van der Waals surface area contributed by atoms with E-state index in [0.717, 1.165) is 36.8 Å². The average molecular weight is 179 g/mol. The highest BCUT2D eigenvalue weighted by Crippen LogP contribution is 2.59. The van der Waals surface area contributed by atoms with E-state index in [1.165, 1.54) is 19.3 Å². The fourth-order valence-electron chi connectivity index (χ4n) is 3.29. The Morgan fingerprint density at radius 3 is 2.69 bits per heavy atom. The predicted molar refractivity (Wildman–Crippen MR) is 56.6 cm³/mol. The number of hydrogen-bond acceptors (Lipinski definition) is 1. The smallest absolute Gasteiger partial charge is 0.0135 e. The maximum absolute atomic E-state index is 3.85. The van der Waals surface area contributed by atoms with Gasteiger partial charge in [-0.25, -0.2) is 0 Å². The van der Waals surface area contributed by atoms with Gasteiger partial charge >= 0.3 is 0 Å². The van der Waals surface area contributed by atoms with Crippen molar-refractivity contribution < 1.29 is 0 Å². The van der Waals surface area contributed by atoms with E-state index in [-0.39, 0.29) is 0 Å². The van der Waals surface area contributed by atoms with E-state index in [2.05, 4.69) is 24.9 Å². The number of rotatable bonds is 5. The lowest BCUT2D eigenvalue weighted by Crippen LogP contribution is -2.31. The van der Waals surface area contributed by atoms with Crippen LogP contribution in [-0.4, -0.2) is 12.6 Å². The van der Waals surface area contributed by atoms with Crippen LogP contribution in [0.3, 0.4) is 0 Å². The first-order chi connectivity index (χ1) is 6.38. The molecule has 3 atom stereocenters. The lowest BCUT2D eigenvalue weighted by molar-refractivity contribution is 0.416. The molecule has 74 valence electrons. The summed E-state index contributed by atoms with van der Waals surface area (Å²) in [7, 11) is 0. The maximum Gasteiger partial charge on any atom is 0.0135 e. The summed E-state index contributed by atoms with van der Waals surface area (Å²) in [4.78, 5) is 0. The molecule has 2 rings (SSSR count). The van der Waals surface area contributed by atoms with Gasteiger partial charge in [-0.1, -0.05) is 19.4 Å². The normalized spacial score (nSPS) is 38.4. The van der Waals surface area contributed by atoms with Gasteiger partial charge in [-0.2, -0.15) is 0 Å². The molecule has 0 bridgehead atoms. The van der Waals surface area contributed by atoms with Crippen molar-refractivity contribution in [2.75, 3.05) is 6.54 Å². The summed E-state index contributed by atoms with van der Waals surface area (Å²) in [5, 5.41) is 3.60. The van der Waals surface area contributed by atoms with Crippen molar-refractivity contribution in [3.63, 3.8) is 0 Å². The predicted octanol–water partition coefficient (Wildman–Crippen LogP) is 2.59. The first-order valence-corrected chi connectivity index (χ1v) is 5.72. The fraction of sp³-hybridized carbons (Fsp3) is 0.833. The molecule has 2 saturated carbocycles. The minimum absolute atomic E-state index is 0.734. The van der Waals surface area contributed by atoms with Crippen LogP contribution in [0.1, 0.15) is 32.6 Å². The summed E-state index contributed by atoms with van der Waals surface area (Å²) in [6.07, 6.45) is 7.70. The highest BCUT2D eigenvalue weighted by molar-refractivity contribution is 5.07. The van der Waals surface area contributed by atoms with Crippen molar-refractivity contribution in [3.8, 4) is 0 Å². The van der Waals surface area contributed by atoms with Crippen molar-refractivity contribution in [1.29, 1.82) is 0 Å². The van der Waals surface area contributed by atoms with Crippen LogP contribution >= 0.6 is 0 Å².